The van der Waals surface area contributed by atoms with Crippen molar-refractivity contribution in [2.75, 3.05) is 26.9 Å². The Kier molecular flexibility index (Phi) is 6.61. The Hall–Kier alpha value is -0.530. The maximum Gasteiger partial charge on any atom is 0.142 e. The third-order valence-electron chi connectivity index (χ3n) is 2.27. The van der Waals surface area contributed by atoms with Crippen molar-refractivity contribution >= 4 is 15.9 Å². The number of halogens is 2. The first-order chi connectivity index (χ1) is 8.20. The van der Waals surface area contributed by atoms with E-state index in [0.717, 1.165) is 0 Å². The van der Waals surface area contributed by atoms with Gasteiger partial charge in [0.2, 0.25) is 0 Å². The number of nitrogens with two attached hydrogens (primary N) is 1. The van der Waals surface area contributed by atoms with Crippen molar-refractivity contribution in [2.45, 2.75) is 6.04 Å². The summed E-state index contributed by atoms with van der Waals surface area (Å²) in [5, 5.41) is 0. The molecule has 1 atom stereocenters. The Morgan fingerprint density at radius 1 is 1.47 bits per heavy atom. The summed E-state index contributed by atoms with van der Waals surface area (Å²) in [5.41, 5.74) is 3.01. The van der Waals surface area contributed by atoms with E-state index in [4.69, 9.17) is 15.3 Å². The van der Waals surface area contributed by atoms with Crippen LogP contribution in [0.3, 0.4) is 0 Å². The topological polar surface area (TPSA) is 56.5 Å². The highest BCUT2D eigenvalue weighted by atomic mass is 79.9. The lowest BCUT2D eigenvalue weighted by Gasteiger charge is -2.17. The first kappa shape index (κ1) is 14.5. The summed E-state index contributed by atoms with van der Waals surface area (Å²) < 4.78 is 24.4. The number of hydrogen-bond acceptors (Lipinski definition) is 4. The number of hydrazine groups is 1. The average Bonchev–Trinajstić information content (AvgIpc) is 2.34. The highest BCUT2D eigenvalue weighted by Crippen LogP contribution is 2.23. The molecule has 0 bridgehead atoms. The van der Waals surface area contributed by atoms with Gasteiger partial charge in [-0.05, 0) is 22.0 Å². The molecule has 4 nitrogen and oxygen atoms in total. The number of nitrogens with one attached hydrogen (secondary N) is 1. The van der Waals surface area contributed by atoms with E-state index in [1.165, 1.54) is 0 Å². The Morgan fingerprint density at radius 3 is 2.88 bits per heavy atom. The molecule has 0 aromatic heterocycles. The molecule has 0 saturated carbocycles. The quantitative estimate of drug-likeness (QED) is 0.458. The van der Waals surface area contributed by atoms with Crippen molar-refractivity contribution in [1.29, 1.82) is 0 Å². The number of benzene rings is 1. The summed E-state index contributed by atoms with van der Waals surface area (Å²) in [4.78, 5) is 0. The van der Waals surface area contributed by atoms with Crippen LogP contribution in [0.4, 0.5) is 4.39 Å². The molecule has 0 radical (unpaired) electrons. The van der Waals surface area contributed by atoms with Crippen LogP contribution < -0.4 is 11.3 Å². The highest BCUT2D eigenvalue weighted by Gasteiger charge is 2.16. The molecule has 0 amide bonds. The Morgan fingerprint density at radius 2 is 2.24 bits per heavy atom. The minimum absolute atomic E-state index is 0.285. The summed E-state index contributed by atoms with van der Waals surface area (Å²) in [6.45, 7) is 1.23. The molecule has 1 aromatic rings. The van der Waals surface area contributed by atoms with Gasteiger partial charge in [0.25, 0.3) is 0 Å². The van der Waals surface area contributed by atoms with Crippen molar-refractivity contribution < 1.29 is 13.9 Å². The van der Waals surface area contributed by atoms with Crippen molar-refractivity contribution in [3.8, 4) is 0 Å². The van der Waals surface area contributed by atoms with Gasteiger partial charge in [-0.15, -0.1) is 0 Å². The maximum atomic E-state index is 13.8. The van der Waals surface area contributed by atoms with Crippen LogP contribution in [-0.4, -0.2) is 26.9 Å². The molecular weight excluding hydrogens is 291 g/mol. The molecular formula is C11H16BrFN2O2. The third-order valence-corrected chi connectivity index (χ3v) is 2.89. The van der Waals surface area contributed by atoms with Gasteiger partial charge in [0.05, 0.1) is 30.3 Å². The molecule has 17 heavy (non-hydrogen) atoms. The highest BCUT2D eigenvalue weighted by molar-refractivity contribution is 9.10. The van der Waals surface area contributed by atoms with E-state index in [2.05, 4.69) is 21.4 Å². The standard InChI is InChI=1S/C11H16BrFN2O2/c1-16-5-6-17-7-10(15-14)8-3-2-4-9(12)11(8)13/h2-4,10,15H,5-7,14H2,1H3. The average molecular weight is 307 g/mol. The normalized spacial score (nSPS) is 12.7. The predicted molar refractivity (Wildman–Crippen MR) is 66.9 cm³/mol. The molecule has 96 valence electrons. The van der Waals surface area contributed by atoms with Crippen LogP contribution in [-0.2, 0) is 9.47 Å². The second kappa shape index (κ2) is 7.73. The summed E-state index contributed by atoms with van der Waals surface area (Å²) in [5.74, 6) is 5.07. The van der Waals surface area contributed by atoms with Crippen molar-refractivity contribution in [3.05, 3.63) is 34.1 Å². The minimum Gasteiger partial charge on any atom is -0.382 e. The SMILES string of the molecule is COCCOCC(NN)c1cccc(Br)c1F. The van der Waals surface area contributed by atoms with Gasteiger partial charge in [0.1, 0.15) is 5.82 Å². The second-order valence-corrected chi connectivity index (χ2v) is 4.28. The zero-order valence-corrected chi connectivity index (χ0v) is 11.2. The molecule has 6 heteroatoms. The van der Waals surface area contributed by atoms with Gasteiger partial charge in [-0.25, -0.2) is 4.39 Å². The lowest BCUT2D eigenvalue weighted by atomic mass is 10.1. The summed E-state index contributed by atoms with van der Waals surface area (Å²) >= 11 is 3.13. The van der Waals surface area contributed by atoms with Gasteiger partial charge in [-0.1, -0.05) is 12.1 Å². The summed E-state index contributed by atoms with van der Waals surface area (Å²) in [7, 11) is 1.59. The van der Waals surface area contributed by atoms with Crippen LogP contribution in [0.15, 0.2) is 22.7 Å². The lowest BCUT2D eigenvalue weighted by molar-refractivity contribution is 0.0581. The molecule has 0 spiro atoms. The van der Waals surface area contributed by atoms with Crippen LogP contribution in [0.2, 0.25) is 0 Å². The van der Waals surface area contributed by atoms with Gasteiger partial charge in [0, 0.05) is 12.7 Å². The largest absolute Gasteiger partial charge is 0.382 e. The van der Waals surface area contributed by atoms with Crippen LogP contribution in [0.25, 0.3) is 0 Å². The first-order valence-electron chi connectivity index (χ1n) is 5.17. The fourth-order valence-electron chi connectivity index (χ4n) is 1.36. The molecule has 1 unspecified atom stereocenters. The van der Waals surface area contributed by atoms with E-state index in [1.807, 2.05) is 0 Å². The van der Waals surface area contributed by atoms with Gasteiger partial charge < -0.3 is 9.47 Å². The fraction of sp³-hybridized carbons (Fsp3) is 0.455. The van der Waals surface area contributed by atoms with E-state index >= 15 is 0 Å². The number of ether oxygens (including phenoxy) is 2. The number of methoxy groups -OCH3 is 1. The Balaban J connectivity index is 2.63. The summed E-state index contributed by atoms with van der Waals surface area (Å²) in [6.07, 6.45) is 0. The third kappa shape index (κ3) is 4.33. The van der Waals surface area contributed by atoms with E-state index in [-0.39, 0.29) is 18.5 Å². The molecule has 0 aliphatic rings. The van der Waals surface area contributed by atoms with E-state index < -0.39 is 0 Å². The van der Waals surface area contributed by atoms with Crippen molar-refractivity contribution in [1.82, 2.24) is 5.43 Å². The monoisotopic (exact) mass is 306 g/mol. The molecule has 1 rings (SSSR count). The van der Waals surface area contributed by atoms with Crippen LogP contribution in [0.5, 0.6) is 0 Å². The minimum atomic E-state index is -0.385. The predicted octanol–water partition coefficient (Wildman–Crippen LogP) is 1.76. The zero-order valence-electron chi connectivity index (χ0n) is 9.58. The van der Waals surface area contributed by atoms with E-state index in [1.54, 1.807) is 25.3 Å². The van der Waals surface area contributed by atoms with Crippen LogP contribution in [0.1, 0.15) is 11.6 Å². The fourth-order valence-corrected chi connectivity index (χ4v) is 1.74. The first-order valence-corrected chi connectivity index (χ1v) is 5.96. The van der Waals surface area contributed by atoms with Gasteiger partial charge in [0.15, 0.2) is 0 Å². The van der Waals surface area contributed by atoms with Crippen molar-refractivity contribution in [2.24, 2.45) is 5.84 Å². The molecule has 0 saturated heterocycles. The maximum absolute atomic E-state index is 13.8. The molecule has 3 N–H and O–H groups in total. The molecule has 0 heterocycles. The molecule has 0 aliphatic carbocycles. The number of hydrogen-bond donors (Lipinski definition) is 2. The smallest absolute Gasteiger partial charge is 0.142 e. The van der Waals surface area contributed by atoms with E-state index in [0.29, 0.717) is 23.2 Å². The van der Waals surface area contributed by atoms with Gasteiger partial charge >= 0.3 is 0 Å². The second-order valence-electron chi connectivity index (χ2n) is 3.43. The molecule has 0 fully saturated rings. The van der Waals surface area contributed by atoms with Gasteiger partial charge in [-0.3, -0.25) is 11.3 Å². The molecule has 1 aromatic carbocycles. The Bertz CT molecular complexity index is 352. The van der Waals surface area contributed by atoms with Crippen LogP contribution >= 0.6 is 15.9 Å². The lowest BCUT2D eigenvalue weighted by Crippen LogP contribution is -2.32. The van der Waals surface area contributed by atoms with E-state index in [9.17, 15) is 4.39 Å². The van der Waals surface area contributed by atoms with Crippen molar-refractivity contribution in [3.63, 3.8) is 0 Å². The van der Waals surface area contributed by atoms with Gasteiger partial charge in [-0.2, -0.15) is 0 Å². The van der Waals surface area contributed by atoms with Crippen LogP contribution in [0, 0.1) is 5.82 Å². The molecule has 0 aliphatic heterocycles. The number of rotatable bonds is 7. The Labute approximate surface area is 108 Å². The zero-order chi connectivity index (χ0) is 12.7. The summed E-state index contributed by atoms with van der Waals surface area (Å²) in [6, 6.07) is 4.68.